The third kappa shape index (κ3) is 6.76. The SMILES string of the molecule is COC(=O)c1ccc(CCNC(=O)[C@H](CC(F)F)NC(=O)[C@@H]2C3C(CN2C(=O)[C@@H](C)C(C)(C)C)C3(C)C)cc1. The number of rotatable bonds is 10. The lowest BCUT2D eigenvalue weighted by Crippen LogP contribution is -2.56. The molecule has 1 aliphatic heterocycles. The van der Waals surface area contributed by atoms with Gasteiger partial charge in [-0.3, -0.25) is 14.4 Å². The fourth-order valence-corrected chi connectivity index (χ4v) is 5.48. The van der Waals surface area contributed by atoms with Crippen molar-refractivity contribution < 1.29 is 32.7 Å². The van der Waals surface area contributed by atoms with Gasteiger partial charge in [0.1, 0.15) is 12.1 Å². The number of hydrogen-bond donors (Lipinski definition) is 2. The van der Waals surface area contributed by atoms with E-state index >= 15 is 0 Å². The number of halogens is 2. The predicted molar refractivity (Wildman–Crippen MR) is 142 cm³/mol. The number of nitrogens with one attached hydrogen (secondary N) is 2. The summed E-state index contributed by atoms with van der Waals surface area (Å²) in [5.41, 5.74) is 0.765. The third-order valence-corrected chi connectivity index (χ3v) is 8.56. The average molecular weight is 550 g/mol. The number of amides is 3. The maximum absolute atomic E-state index is 13.5. The summed E-state index contributed by atoms with van der Waals surface area (Å²) >= 11 is 0. The first-order valence-corrected chi connectivity index (χ1v) is 13.4. The predicted octanol–water partition coefficient (Wildman–Crippen LogP) is 3.44. The number of carbonyl (C=O) groups excluding carboxylic acids is 4. The van der Waals surface area contributed by atoms with Gasteiger partial charge in [-0.2, -0.15) is 0 Å². The van der Waals surface area contributed by atoms with Gasteiger partial charge in [-0.15, -0.1) is 0 Å². The highest BCUT2D eigenvalue weighted by atomic mass is 19.3. The average Bonchev–Trinajstić information content (AvgIpc) is 3.18. The van der Waals surface area contributed by atoms with Gasteiger partial charge in [0.15, 0.2) is 0 Å². The molecule has 1 saturated heterocycles. The van der Waals surface area contributed by atoms with Crippen LogP contribution in [0.5, 0.6) is 0 Å². The van der Waals surface area contributed by atoms with E-state index in [0.717, 1.165) is 5.56 Å². The highest BCUT2D eigenvalue weighted by Gasteiger charge is 2.69. The summed E-state index contributed by atoms with van der Waals surface area (Å²) in [6.07, 6.45) is -3.24. The quantitative estimate of drug-likeness (QED) is 0.435. The lowest BCUT2D eigenvalue weighted by Gasteiger charge is -2.36. The van der Waals surface area contributed by atoms with Gasteiger partial charge in [-0.25, -0.2) is 13.6 Å². The molecule has 0 aromatic heterocycles. The van der Waals surface area contributed by atoms with Gasteiger partial charge < -0.3 is 20.3 Å². The number of fused-ring (bicyclic) bond motifs is 1. The Balaban J connectivity index is 1.66. The van der Waals surface area contributed by atoms with Gasteiger partial charge in [0.25, 0.3) is 0 Å². The Morgan fingerprint density at radius 1 is 1.13 bits per heavy atom. The minimum atomic E-state index is -2.81. The van der Waals surface area contributed by atoms with E-state index in [1.54, 1.807) is 29.2 Å². The highest BCUT2D eigenvalue weighted by molar-refractivity contribution is 5.94. The first-order valence-electron chi connectivity index (χ1n) is 13.4. The van der Waals surface area contributed by atoms with Crippen molar-refractivity contribution in [2.75, 3.05) is 20.2 Å². The number of likely N-dealkylation sites (tertiary alicyclic amines) is 1. The second kappa shape index (κ2) is 11.6. The molecule has 216 valence electrons. The molecule has 2 fully saturated rings. The van der Waals surface area contributed by atoms with E-state index in [1.165, 1.54) is 7.11 Å². The number of esters is 1. The first kappa shape index (κ1) is 30.5. The van der Waals surface area contributed by atoms with Gasteiger partial charge in [-0.05, 0) is 46.8 Å². The Morgan fingerprint density at radius 2 is 1.74 bits per heavy atom. The molecule has 10 heteroatoms. The normalized spacial score (nSPS) is 23.0. The van der Waals surface area contributed by atoms with Crippen molar-refractivity contribution >= 4 is 23.7 Å². The minimum absolute atomic E-state index is 0.0863. The molecule has 1 heterocycles. The molecule has 5 atom stereocenters. The van der Waals surface area contributed by atoms with E-state index < -0.39 is 42.7 Å². The summed E-state index contributed by atoms with van der Waals surface area (Å²) in [5, 5.41) is 5.18. The van der Waals surface area contributed by atoms with Gasteiger partial charge in [-0.1, -0.05) is 53.7 Å². The van der Waals surface area contributed by atoms with Gasteiger partial charge in [0, 0.05) is 25.4 Å². The van der Waals surface area contributed by atoms with Crippen LogP contribution in [0.2, 0.25) is 0 Å². The van der Waals surface area contributed by atoms with E-state index in [4.69, 9.17) is 0 Å². The Morgan fingerprint density at radius 3 is 2.28 bits per heavy atom. The summed E-state index contributed by atoms with van der Waals surface area (Å²) in [5.74, 6) is -2.15. The Hall–Kier alpha value is -3.04. The molecule has 8 nitrogen and oxygen atoms in total. The molecule has 3 amide bonds. The molecule has 1 aromatic carbocycles. The van der Waals surface area contributed by atoms with Crippen LogP contribution in [0.4, 0.5) is 8.78 Å². The standard InChI is InChI=1S/C29H41F2N3O5/c1-16(28(2,3)4)26(37)34-15-19-22(29(19,5)6)23(34)25(36)33-20(14-21(30)31)24(35)32-13-12-17-8-10-18(11-9-17)27(38)39-7/h8-11,16,19-23H,12-15H2,1-7H3,(H,32,35)(H,33,36)/t16-,19?,20+,22?,23+/m1/s1. The number of methoxy groups -OCH3 is 1. The van der Waals surface area contributed by atoms with Crippen molar-refractivity contribution in [3.05, 3.63) is 35.4 Å². The fraction of sp³-hybridized carbons (Fsp3) is 0.655. The Labute approximate surface area is 229 Å². The van der Waals surface area contributed by atoms with Crippen LogP contribution >= 0.6 is 0 Å². The van der Waals surface area contributed by atoms with Crippen LogP contribution in [-0.4, -0.2) is 67.3 Å². The molecule has 1 saturated carbocycles. The lowest BCUT2D eigenvalue weighted by atomic mass is 9.81. The molecule has 1 aromatic rings. The molecule has 3 rings (SSSR count). The maximum atomic E-state index is 13.5. The van der Waals surface area contributed by atoms with Crippen molar-refractivity contribution in [3.63, 3.8) is 0 Å². The van der Waals surface area contributed by atoms with Crippen LogP contribution in [0.1, 0.15) is 63.9 Å². The summed E-state index contributed by atoms with van der Waals surface area (Å²) in [4.78, 5) is 52.9. The van der Waals surface area contributed by atoms with Crippen molar-refractivity contribution in [2.24, 2.45) is 28.6 Å². The van der Waals surface area contributed by atoms with Crippen LogP contribution in [0, 0.1) is 28.6 Å². The minimum Gasteiger partial charge on any atom is -0.465 e. The zero-order chi connectivity index (χ0) is 29.3. The second-order valence-corrected chi connectivity index (χ2v) is 12.4. The number of alkyl halides is 2. The maximum Gasteiger partial charge on any atom is 0.337 e. The zero-order valence-electron chi connectivity index (χ0n) is 23.8. The molecular formula is C29H41F2N3O5. The topological polar surface area (TPSA) is 105 Å². The molecular weight excluding hydrogens is 508 g/mol. The van der Waals surface area contributed by atoms with Gasteiger partial charge >= 0.3 is 5.97 Å². The molecule has 2 aliphatic rings. The Kier molecular flexibility index (Phi) is 9.07. The number of carbonyl (C=O) groups is 4. The van der Waals surface area contributed by atoms with E-state index in [9.17, 15) is 28.0 Å². The number of ether oxygens (including phenoxy) is 1. The van der Waals surface area contributed by atoms with Crippen LogP contribution in [-0.2, 0) is 25.5 Å². The third-order valence-electron chi connectivity index (χ3n) is 8.56. The number of benzene rings is 1. The molecule has 0 bridgehead atoms. The lowest BCUT2D eigenvalue weighted by molar-refractivity contribution is -0.146. The molecule has 39 heavy (non-hydrogen) atoms. The number of hydrogen-bond acceptors (Lipinski definition) is 5. The smallest absolute Gasteiger partial charge is 0.337 e. The summed E-state index contributed by atoms with van der Waals surface area (Å²) in [6, 6.07) is 4.40. The van der Waals surface area contributed by atoms with Gasteiger partial charge in [0.2, 0.25) is 24.1 Å². The summed E-state index contributed by atoms with van der Waals surface area (Å²) < 4.78 is 31.5. The Bertz CT molecular complexity index is 1080. The van der Waals surface area contributed by atoms with E-state index in [1.807, 2.05) is 41.5 Å². The van der Waals surface area contributed by atoms with Crippen molar-refractivity contribution in [3.8, 4) is 0 Å². The van der Waals surface area contributed by atoms with Crippen molar-refractivity contribution in [1.29, 1.82) is 0 Å². The monoisotopic (exact) mass is 549 g/mol. The molecule has 0 spiro atoms. The second-order valence-electron chi connectivity index (χ2n) is 12.4. The van der Waals surface area contributed by atoms with Crippen LogP contribution in [0.3, 0.4) is 0 Å². The molecule has 1 aliphatic carbocycles. The highest BCUT2D eigenvalue weighted by Crippen LogP contribution is 2.65. The van der Waals surface area contributed by atoms with Crippen LogP contribution < -0.4 is 10.6 Å². The van der Waals surface area contributed by atoms with Crippen molar-refractivity contribution in [2.45, 2.75) is 72.9 Å². The van der Waals surface area contributed by atoms with E-state index in [2.05, 4.69) is 15.4 Å². The molecule has 2 N–H and O–H groups in total. The van der Waals surface area contributed by atoms with E-state index in [-0.39, 0.29) is 41.0 Å². The van der Waals surface area contributed by atoms with Crippen LogP contribution in [0.25, 0.3) is 0 Å². The number of piperidine rings is 1. The molecule has 2 unspecified atom stereocenters. The fourth-order valence-electron chi connectivity index (χ4n) is 5.48. The summed E-state index contributed by atoms with van der Waals surface area (Å²) in [6.45, 7) is 12.4. The van der Waals surface area contributed by atoms with E-state index in [0.29, 0.717) is 18.5 Å². The van der Waals surface area contributed by atoms with Gasteiger partial charge in [0.05, 0.1) is 12.7 Å². The van der Waals surface area contributed by atoms with Crippen molar-refractivity contribution in [1.82, 2.24) is 15.5 Å². The molecule has 0 radical (unpaired) electrons. The largest absolute Gasteiger partial charge is 0.465 e. The zero-order valence-corrected chi connectivity index (χ0v) is 23.8. The van der Waals surface area contributed by atoms with Crippen LogP contribution in [0.15, 0.2) is 24.3 Å². The number of nitrogens with zero attached hydrogens (tertiary/aromatic N) is 1. The summed E-state index contributed by atoms with van der Waals surface area (Å²) in [7, 11) is 1.29. The first-order chi connectivity index (χ1) is 18.1.